The summed E-state index contributed by atoms with van der Waals surface area (Å²) in [6.45, 7) is 0.461. The number of aliphatic hydroxyl groups excluding tert-OH is 2. The number of carboxylic acid groups (broad SMARTS) is 1. The minimum Gasteiger partial charge on any atom is -0.508 e. The van der Waals surface area contributed by atoms with Crippen LogP contribution in [0, 0.1) is 29.6 Å². The third-order valence-corrected chi connectivity index (χ3v) is 14.6. The van der Waals surface area contributed by atoms with Gasteiger partial charge in [-0.1, -0.05) is 76.2 Å². The summed E-state index contributed by atoms with van der Waals surface area (Å²) >= 11 is 0. The van der Waals surface area contributed by atoms with Crippen molar-refractivity contribution < 1.29 is 54.1 Å². The van der Waals surface area contributed by atoms with Crippen LogP contribution in [0.15, 0.2) is 89.4 Å². The van der Waals surface area contributed by atoms with Crippen LogP contribution in [0.25, 0.3) is 17.4 Å². The first-order valence-corrected chi connectivity index (χ1v) is 23.5. The second-order valence-corrected chi connectivity index (χ2v) is 18.7. The van der Waals surface area contributed by atoms with Crippen LogP contribution in [0.1, 0.15) is 47.9 Å². The normalized spacial score (nSPS) is 30.2. The van der Waals surface area contributed by atoms with Gasteiger partial charge in [-0.15, -0.1) is 11.8 Å². The fourth-order valence-corrected chi connectivity index (χ4v) is 11.1. The molecule has 8 rings (SSSR count). The van der Waals surface area contributed by atoms with Crippen molar-refractivity contribution in [3.63, 3.8) is 0 Å². The van der Waals surface area contributed by atoms with E-state index in [9.17, 15) is 35.1 Å². The topological polar surface area (TPSA) is 197 Å². The number of aldehydes is 1. The number of ether oxygens (including phenoxy) is 4. The van der Waals surface area contributed by atoms with Crippen molar-refractivity contribution in [1.29, 1.82) is 0 Å². The average Bonchev–Trinajstić information content (AvgIpc) is 3.82. The quantitative estimate of drug-likeness (QED) is 0.0907. The fourth-order valence-electron chi connectivity index (χ4n) is 9.01. The lowest BCUT2D eigenvalue weighted by Crippen LogP contribution is -2.80. The van der Waals surface area contributed by atoms with Crippen LogP contribution >= 0.6 is 21.6 Å². The largest absolute Gasteiger partial charge is 0.508 e. The van der Waals surface area contributed by atoms with Crippen LogP contribution in [-0.4, -0.2) is 112 Å². The molecule has 15 heteroatoms. The second-order valence-electron chi connectivity index (χ2n) is 16.2. The maximum atomic E-state index is 13.4. The molecule has 0 radical (unpaired) electrons. The molecule has 0 bridgehead atoms. The molecule has 0 saturated carbocycles. The van der Waals surface area contributed by atoms with Gasteiger partial charge in [-0.2, -0.15) is 0 Å². The molecule has 5 aliphatic rings. The van der Waals surface area contributed by atoms with Crippen LogP contribution in [-0.2, 0) is 25.5 Å². The van der Waals surface area contributed by atoms with Crippen LogP contribution in [0.5, 0.6) is 17.2 Å². The molecule has 4 aliphatic heterocycles. The van der Waals surface area contributed by atoms with Gasteiger partial charge in [0.05, 0.1) is 12.1 Å². The van der Waals surface area contributed by atoms with Gasteiger partial charge in [0.1, 0.15) is 41.7 Å². The molecule has 6 N–H and O–H groups in total. The van der Waals surface area contributed by atoms with Crippen molar-refractivity contribution in [2.75, 3.05) is 37.9 Å². The lowest BCUT2D eigenvalue weighted by Gasteiger charge is -2.53. The molecule has 2 saturated heterocycles. The van der Waals surface area contributed by atoms with Gasteiger partial charge in [0.2, 0.25) is 6.29 Å². The van der Waals surface area contributed by atoms with Crippen molar-refractivity contribution in [3.8, 4) is 29.1 Å². The molecule has 13 nitrogen and oxygen atoms in total. The molecule has 8 atom stereocenters. The Morgan fingerprint density at radius 3 is 2.70 bits per heavy atom. The van der Waals surface area contributed by atoms with Crippen LogP contribution in [0.4, 0.5) is 0 Å². The predicted molar refractivity (Wildman–Crippen MR) is 242 cm³/mol. The van der Waals surface area contributed by atoms with Crippen molar-refractivity contribution in [2.24, 2.45) is 22.7 Å². The Labute approximate surface area is 373 Å². The Morgan fingerprint density at radius 2 is 1.90 bits per heavy atom. The average molecular weight is 895 g/mol. The van der Waals surface area contributed by atoms with Gasteiger partial charge in [0.15, 0.2) is 23.6 Å². The number of aliphatic imine (C=N–C) groups is 1. The number of carboxylic acids is 1. The molecule has 2 fully saturated rings. The molecule has 0 amide bonds. The van der Waals surface area contributed by atoms with E-state index in [4.69, 9.17) is 18.9 Å². The molecule has 1 aliphatic carbocycles. The number of phenols is 1. The number of nitrogens with zero attached hydrogens (tertiary/aromatic N) is 1. The van der Waals surface area contributed by atoms with E-state index in [1.54, 1.807) is 12.1 Å². The zero-order valence-corrected chi connectivity index (χ0v) is 36.1. The lowest BCUT2D eigenvalue weighted by molar-refractivity contribution is -0.340. The molecule has 8 unspecified atom stereocenters. The number of hydrogen-bond acceptors (Lipinski definition) is 14. The number of nitrogens with one attached hydrogen (secondary N) is 1. The van der Waals surface area contributed by atoms with Gasteiger partial charge >= 0.3 is 5.97 Å². The van der Waals surface area contributed by atoms with E-state index in [0.29, 0.717) is 42.0 Å². The Kier molecular flexibility index (Phi) is 14.0. The van der Waals surface area contributed by atoms with Gasteiger partial charge in [-0.05, 0) is 90.1 Å². The molecular formula is C48H50N2O11S2. The summed E-state index contributed by atoms with van der Waals surface area (Å²) in [6, 6.07) is 19.2. The zero-order chi connectivity index (χ0) is 44.0. The molecule has 0 aromatic heterocycles. The lowest BCUT2D eigenvalue weighted by atomic mass is 9.73. The number of benzene rings is 3. The molecule has 63 heavy (non-hydrogen) atoms. The number of aryl methyl sites for hydroxylation is 1. The highest BCUT2D eigenvalue weighted by Crippen LogP contribution is 2.45. The number of aliphatic hydroxyl groups is 3. The smallest absolute Gasteiger partial charge is 0.335 e. The molecule has 3 aromatic carbocycles. The monoisotopic (exact) mass is 894 g/mol. The third-order valence-electron chi connectivity index (χ3n) is 12.5. The first kappa shape index (κ1) is 44.6. The third kappa shape index (κ3) is 9.30. The van der Waals surface area contributed by atoms with Crippen molar-refractivity contribution in [2.45, 2.75) is 61.8 Å². The highest BCUT2D eigenvalue weighted by Gasteiger charge is 2.69. The van der Waals surface area contributed by atoms with Crippen molar-refractivity contribution >= 4 is 57.5 Å². The highest BCUT2D eigenvalue weighted by molar-refractivity contribution is 8.76. The van der Waals surface area contributed by atoms with E-state index < -0.39 is 42.2 Å². The summed E-state index contributed by atoms with van der Waals surface area (Å²) in [6.07, 6.45) is 6.68. The summed E-state index contributed by atoms with van der Waals surface area (Å²) in [7, 11) is 2.80. The van der Waals surface area contributed by atoms with Crippen LogP contribution < -0.4 is 14.8 Å². The van der Waals surface area contributed by atoms with Gasteiger partial charge in [0, 0.05) is 43.0 Å². The van der Waals surface area contributed by atoms with E-state index >= 15 is 0 Å². The Morgan fingerprint density at radius 1 is 1.06 bits per heavy atom. The fraction of sp³-hybridized carbons (Fsp3) is 0.396. The molecule has 4 heterocycles. The minimum atomic E-state index is -2.53. The van der Waals surface area contributed by atoms with E-state index in [-0.39, 0.29) is 59.6 Å². The highest BCUT2D eigenvalue weighted by atomic mass is 33.1. The molecular weight excluding hydrogens is 845 g/mol. The minimum absolute atomic E-state index is 0.0127. The van der Waals surface area contributed by atoms with Crippen LogP contribution in [0.2, 0.25) is 0 Å². The Hall–Kier alpha value is -5.05. The standard InChI is InChI=1S/C48H50N2O11S2/c51-28-48-44(54)43(45(55)56)61-46(60-36-18-19-37-41(22-36)58-25-39(42(37)53)33-14-16-35(52)17-15-33)47(48,57)27-50-24-38(40(26-62-63-29-59-48)34-20-21-49-23-34)32-11-4-2-1-3-8-30-9-5-6-10-31(30)12-7-13-32/h5-7,9-10,12,14-20,22-23,28,32,38,40,43-44,46,50,52-54,57H,1,3,8,11,13,21,24-27,29H2,(H,55,56). The number of allylic oxidation sites excluding steroid dienone is 2. The van der Waals surface area contributed by atoms with E-state index in [0.717, 1.165) is 31.3 Å². The molecule has 3 aromatic rings. The number of carbonyl (C=O) groups excluding carboxylic acids is 1. The Balaban J connectivity index is 1.13. The van der Waals surface area contributed by atoms with E-state index in [2.05, 4.69) is 58.6 Å². The first-order chi connectivity index (χ1) is 30.6. The second kappa shape index (κ2) is 19.8. The number of rotatable bonds is 7. The van der Waals surface area contributed by atoms with Crippen molar-refractivity contribution in [1.82, 2.24) is 5.32 Å². The number of phenolic OH excluding ortho intramolecular Hbond substituents is 1. The zero-order valence-electron chi connectivity index (χ0n) is 34.4. The number of aliphatic carboxylic acids is 1. The van der Waals surface area contributed by atoms with Gasteiger partial charge in [-0.3, -0.25) is 9.79 Å². The predicted octanol–water partition coefficient (Wildman–Crippen LogP) is 6.08. The summed E-state index contributed by atoms with van der Waals surface area (Å²) in [5.74, 6) is 6.04. The molecule has 330 valence electrons. The maximum absolute atomic E-state index is 13.4. The first-order valence-electron chi connectivity index (χ1n) is 21.0. The number of fused-ring (bicyclic) bond motifs is 3. The molecule has 0 spiro atoms. The number of β-amino-alcohol motifs (C(OH)–C–C–N with tert-alkyl or cyclic N) is 1. The summed E-state index contributed by atoms with van der Waals surface area (Å²) < 4.78 is 24.4. The number of hydrogen-bond donors (Lipinski definition) is 6. The van der Waals surface area contributed by atoms with Crippen molar-refractivity contribution in [3.05, 3.63) is 107 Å². The summed E-state index contributed by atoms with van der Waals surface area (Å²) in [4.78, 5) is 30.6. The van der Waals surface area contributed by atoms with Gasteiger partial charge in [0.25, 0.3) is 0 Å². The van der Waals surface area contributed by atoms with Gasteiger partial charge < -0.3 is 49.8 Å². The van der Waals surface area contributed by atoms with Gasteiger partial charge in [-0.25, -0.2) is 4.79 Å². The van der Waals surface area contributed by atoms with E-state index in [1.807, 2.05) is 12.3 Å². The maximum Gasteiger partial charge on any atom is 0.335 e. The van der Waals surface area contributed by atoms with E-state index in [1.165, 1.54) is 63.0 Å². The number of carbonyl (C=O) groups is 2. The van der Waals surface area contributed by atoms with Crippen LogP contribution in [0.3, 0.4) is 0 Å². The SMILES string of the molecule is O=CC12OCSSCC(C3=CCN=C3)C(C3CC#CCCCc4ccccc4C=CC3)CNCC1(O)C(Oc1ccc3c(c1)OCC(c1ccc(O)cc1)=C3O)OC(C(=O)O)C2O. The summed E-state index contributed by atoms with van der Waals surface area (Å²) in [5.41, 5.74) is -0.00346. The summed E-state index contributed by atoms with van der Waals surface area (Å²) in [5, 5.41) is 59.3. The Bertz CT molecular complexity index is 2360. The number of aromatic hydroxyl groups is 1.